The van der Waals surface area contributed by atoms with E-state index in [4.69, 9.17) is 12.2 Å². The summed E-state index contributed by atoms with van der Waals surface area (Å²) in [4.78, 5) is 18.6. The zero-order valence-corrected chi connectivity index (χ0v) is 12.6. The van der Waals surface area contributed by atoms with Crippen LogP contribution < -0.4 is 5.56 Å². The van der Waals surface area contributed by atoms with Crippen LogP contribution >= 0.6 is 12.2 Å². The van der Waals surface area contributed by atoms with Crippen molar-refractivity contribution in [1.29, 1.82) is 0 Å². The van der Waals surface area contributed by atoms with Gasteiger partial charge < -0.3 is 5.11 Å². The van der Waals surface area contributed by atoms with Gasteiger partial charge in [0, 0.05) is 13.3 Å². The molecule has 0 fully saturated rings. The lowest BCUT2D eigenvalue weighted by molar-refractivity contribution is 0.420. The molecule has 0 saturated heterocycles. The van der Waals surface area contributed by atoms with Crippen LogP contribution in [0, 0.1) is 4.77 Å². The van der Waals surface area contributed by atoms with Gasteiger partial charge in [-0.3, -0.25) is 19.3 Å². The molecule has 0 atom stereocenters. The molecule has 1 heterocycles. The topological polar surface area (TPSA) is 70.4 Å². The molecule has 0 aliphatic carbocycles. The maximum atomic E-state index is 11.9. The highest BCUT2D eigenvalue weighted by Gasteiger charge is 2.07. The fourth-order valence-electron chi connectivity index (χ4n) is 2.14. The van der Waals surface area contributed by atoms with Crippen molar-refractivity contribution in [2.75, 3.05) is 0 Å². The summed E-state index contributed by atoms with van der Waals surface area (Å²) in [6, 6.07) is 13.7. The Morgan fingerprint density at radius 2 is 1.95 bits per heavy atom. The number of aromatic nitrogens is 2. The van der Waals surface area contributed by atoms with E-state index in [1.54, 1.807) is 7.05 Å². The summed E-state index contributed by atoms with van der Waals surface area (Å²) in [6.45, 7) is 0. The number of rotatable bonds is 2. The second-order valence-electron chi connectivity index (χ2n) is 4.85. The minimum atomic E-state index is -0.467. The highest BCUT2D eigenvalue weighted by atomic mass is 32.1. The monoisotopic (exact) mass is 311 g/mol. The Kier molecular flexibility index (Phi) is 3.60. The zero-order valence-electron chi connectivity index (χ0n) is 11.8. The van der Waals surface area contributed by atoms with Crippen molar-refractivity contribution in [3.8, 4) is 5.88 Å². The van der Waals surface area contributed by atoms with Crippen LogP contribution in [-0.2, 0) is 7.05 Å². The number of aliphatic imine (C=N–C) groups is 1. The lowest BCUT2D eigenvalue weighted by Gasteiger charge is -2.04. The Morgan fingerprint density at radius 3 is 2.73 bits per heavy atom. The first-order valence-electron chi connectivity index (χ1n) is 6.61. The van der Waals surface area contributed by atoms with E-state index in [0.717, 1.165) is 10.8 Å². The smallest absolute Gasteiger partial charge is 0.264 e. The molecule has 0 amide bonds. The number of fused-ring (bicyclic) bond motifs is 1. The summed E-state index contributed by atoms with van der Waals surface area (Å²) in [5.41, 5.74) is 0.303. The molecule has 110 valence electrons. The van der Waals surface area contributed by atoms with E-state index in [9.17, 15) is 9.90 Å². The first kappa shape index (κ1) is 14.2. The van der Waals surface area contributed by atoms with Crippen molar-refractivity contribution < 1.29 is 5.11 Å². The molecule has 0 aliphatic heterocycles. The SMILES string of the molecule is Cn1c(O)c(C=Nc2ccc3ccccc3c2)c(=O)[nH]c1=S. The average Bonchev–Trinajstić information content (AvgIpc) is 2.52. The lowest BCUT2D eigenvalue weighted by atomic mass is 10.1. The van der Waals surface area contributed by atoms with Crippen molar-refractivity contribution >= 4 is 34.9 Å². The summed E-state index contributed by atoms with van der Waals surface area (Å²) in [7, 11) is 1.57. The van der Waals surface area contributed by atoms with Crippen molar-refractivity contribution in [2.45, 2.75) is 0 Å². The maximum Gasteiger partial charge on any atom is 0.264 e. The number of hydrogen-bond acceptors (Lipinski definition) is 4. The van der Waals surface area contributed by atoms with E-state index in [0.29, 0.717) is 5.69 Å². The molecule has 0 spiro atoms. The molecule has 0 aliphatic rings. The van der Waals surface area contributed by atoms with Gasteiger partial charge in [0.25, 0.3) is 5.56 Å². The fraction of sp³-hybridized carbons (Fsp3) is 0.0625. The normalized spacial score (nSPS) is 11.3. The van der Waals surface area contributed by atoms with Gasteiger partial charge in [-0.1, -0.05) is 30.3 Å². The van der Waals surface area contributed by atoms with E-state index in [2.05, 4.69) is 9.98 Å². The summed E-state index contributed by atoms with van der Waals surface area (Å²) < 4.78 is 1.48. The molecule has 0 saturated carbocycles. The molecule has 2 aromatic carbocycles. The number of nitrogens with zero attached hydrogens (tertiary/aromatic N) is 2. The van der Waals surface area contributed by atoms with Crippen molar-refractivity contribution in [1.82, 2.24) is 9.55 Å². The third kappa shape index (κ3) is 2.56. The molecule has 0 bridgehead atoms. The van der Waals surface area contributed by atoms with Crippen LogP contribution in [0.15, 0.2) is 52.3 Å². The summed E-state index contributed by atoms with van der Waals surface area (Å²) in [6.07, 6.45) is 1.34. The Balaban J connectivity index is 2.05. The van der Waals surface area contributed by atoms with E-state index in [1.807, 2.05) is 42.5 Å². The van der Waals surface area contributed by atoms with Gasteiger partial charge in [0.05, 0.1) is 5.69 Å². The molecular formula is C16H13N3O2S. The van der Waals surface area contributed by atoms with Crippen molar-refractivity contribution in [3.05, 3.63) is 63.2 Å². The molecular weight excluding hydrogens is 298 g/mol. The highest BCUT2D eigenvalue weighted by Crippen LogP contribution is 2.21. The maximum absolute atomic E-state index is 11.9. The van der Waals surface area contributed by atoms with Crippen molar-refractivity contribution in [2.24, 2.45) is 12.0 Å². The third-order valence-electron chi connectivity index (χ3n) is 3.40. The molecule has 0 unspecified atom stereocenters. The summed E-state index contributed by atoms with van der Waals surface area (Å²) >= 11 is 4.92. The minimum Gasteiger partial charge on any atom is -0.494 e. The Hall–Kier alpha value is -2.73. The van der Waals surface area contributed by atoms with Gasteiger partial charge >= 0.3 is 0 Å². The van der Waals surface area contributed by atoms with Gasteiger partial charge in [-0.05, 0) is 35.1 Å². The quantitative estimate of drug-likeness (QED) is 0.564. The van der Waals surface area contributed by atoms with Crippen LogP contribution in [0.2, 0.25) is 0 Å². The first-order chi connectivity index (χ1) is 10.6. The lowest BCUT2D eigenvalue weighted by Crippen LogP contribution is -2.17. The molecule has 1 aromatic heterocycles. The molecule has 5 nitrogen and oxygen atoms in total. The van der Waals surface area contributed by atoms with Gasteiger partial charge in [-0.25, -0.2) is 0 Å². The zero-order chi connectivity index (χ0) is 15.7. The minimum absolute atomic E-state index is 0.0734. The molecule has 2 N–H and O–H groups in total. The molecule has 22 heavy (non-hydrogen) atoms. The van der Waals surface area contributed by atoms with Crippen LogP contribution in [-0.4, -0.2) is 20.9 Å². The Morgan fingerprint density at radius 1 is 1.23 bits per heavy atom. The Bertz CT molecular complexity index is 1000. The molecule has 0 radical (unpaired) electrons. The number of hydrogen-bond donors (Lipinski definition) is 2. The van der Waals surface area contributed by atoms with E-state index in [-0.39, 0.29) is 16.2 Å². The van der Waals surface area contributed by atoms with Crippen LogP contribution in [0.25, 0.3) is 10.8 Å². The second kappa shape index (κ2) is 5.57. The van der Waals surface area contributed by atoms with Gasteiger partial charge in [0.1, 0.15) is 5.56 Å². The Labute approximate surface area is 131 Å². The molecule has 6 heteroatoms. The predicted octanol–water partition coefficient (Wildman–Crippen LogP) is 3.05. The average molecular weight is 311 g/mol. The van der Waals surface area contributed by atoms with Gasteiger partial charge in [0.2, 0.25) is 5.88 Å². The molecule has 3 rings (SSSR count). The first-order valence-corrected chi connectivity index (χ1v) is 7.02. The highest BCUT2D eigenvalue weighted by molar-refractivity contribution is 7.71. The number of H-pyrrole nitrogens is 1. The van der Waals surface area contributed by atoms with Crippen LogP contribution in [0.3, 0.4) is 0 Å². The van der Waals surface area contributed by atoms with E-state index >= 15 is 0 Å². The van der Waals surface area contributed by atoms with Crippen LogP contribution in [0.5, 0.6) is 5.88 Å². The van der Waals surface area contributed by atoms with Gasteiger partial charge in [0.15, 0.2) is 4.77 Å². The van der Waals surface area contributed by atoms with Crippen LogP contribution in [0.1, 0.15) is 5.56 Å². The van der Waals surface area contributed by atoms with Crippen LogP contribution in [0.4, 0.5) is 5.69 Å². The number of aromatic amines is 1. The predicted molar refractivity (Wildman–Crippen MR) is 89.7 cm³/mol. The number of benzene rings is 2. The largest absolute Gasteiger partial charge is 0.494 e. The van der Waals surface area contributed by atoms with E-state index < -0.39 is 5.56 Å². The van der Waals surface area contributed by atoms with Gasteiger partial charge in [-0.15, -0.1) is 0 Å². The fourth-order valence-corrected chi connectivity index (χ4v) is 2.32. The van der Waals surface area contributed by atoms with Crippen molar-refractivity contribution in [3.63, 3.8) is 0 Å². The molecule has 3 aromatic rings. The third-order valence-corrected chi connectivity index (χ3v) is 3.78. The van der Waals surface area contributed by atoms with Gasteiger partial charge in [-0.2, -0.15) is 0 Å². The van der Waals surface area contributed by atoms with E-state index in [1.165, 1.54) is 10.8 Å². The second-order valence-corrected chi connectivity index (χ2v) is 5.23. The summed E-state index contributed by atoms with van der Waals surface area (Å²) in [5, 5.41) is 12.2. The number of nitrogens with one attached hydrogen (secondary N) is 1. The number of aromatic hydroxyl groups is 1. The summed E-state index contributed by atoms with van der Waals surface area (Å²) in [5.74, 6) is -0.210. The standard InChI is InChI=1S/C16H13N3O2S/c1-19-15(21)13(14(20)18-16(19)22)9-17-12-7-6-10-4-2-3-5-11(10)8-12/h2-9,21H,1H3,(H,18,20,22).